The molecule has 2 unspecified atom stereocenters. The zero-order valence-electron chi connectivity index (χ0n) is 13.1. The van der Waals surface area contributed by atoms with Gasteiger partial charge in [-0.2, -0.15) is 0 Å². The molecule has 0 bridgehead atoms. The third kappa shape index (κ3) is 3.15. The lowest BCUT2D eigenvalue weighted by atomic mass is 9.78. The zero-order valence-corrected chi connectivity index (χ0v) is 13.1. The molecule has 2 atom stereocenters. The van der Waals surface area contributed by atoms with E-state index in [4.69, 9.17) is 0 Å². The van der Waals surface area contributed by atoms with Crippen LogP contribution in [0.3, 0.4) is 0 Å². The number of hydrogen-bond donors (Lipinski definition) is 2. The van der Waals surface area contributed by atoms with Gasteiger partial charge in [0.2, 0.25) is 0 Å². The fraction of sp³-hybridized carbons (Fsp3) is 0.933. The van der Waals surface area contributed by atoms with Crippen LogP contribution in [0, 0.1) is 0 Å². The van der Waals surface area contributed by atoms with Crippen molar-refractivity contribution in [1.29, 1.82) is 0 Å². The van der Waals surface area contributed by atoms with Crippen LogP contribution in [-0.4, -0.2) is 72.7 Å². The van der Waals surface area contributed by atoms with E-state index in [9.17, 15) is 9.90 Å². The van der Waals surface area contributed by atoms with Crippen molar-refractivity contribution >= 4 is 5.97 Å². The molecule has 5 nitrogen and oxygen atoms in total. The Morgan fingerprint density at radius 2 is 1.95 bits per heavy atom. The van der Waals surface area contributed by atoms with Crippen LogP contribution >= 0.6 is 0 Å². The SMILES string of the molecule is CNC1(C(=O)O)CCCC(N2CCC(N(C)C)CC2)C1. The Kier molecular flexibility index (Phi) is 5.04. The molecule has 2 fully saturated rings. The number of nitrogens with one attached hydrogen (secondary N) is 1. The highest BCUT2D eigenvalue weighted by atomic mass is 16.4. The molecule has 2 aliphatic rings. The highest BCUT2D eigenvalue weighted by Gasteiger charge is 2.43. The molecule has 1 aliphatic heterocycles. The van der Waals surface area contributed by atoms with Crippen LogP contribution in [0.5, 0.6) is 0 Å². The average Bonchev–Trinajstić information content (AvgIpc) is 2.47. The molecule has 0 aromatic heterocycles. The Morgan fingerprint density at radius 1 is 1.30 bits per heavy atom. The molecular formula is C15H29N3O2. The molecule has 1 heterocycles. The maximum absolute atomic E-state index is 11.6. The summed E-state index contributed by atoms with van der Waals surface area (Å²) >= 11 is 0. The van der Waals surface area contributed by atoms with Gasteiger partial charge in [-0.25, -0.2) is 0 Å². The molecule has 0 aromatic carbocycles. The maximum Gasteiger partial charge on any atom is 0.323 e. The predicted molar refractivity (Wildman–Crippen MR) is 80.0 cm³/mol. The molecule has 1 saturated carbocycles. The summed E-state index contributed by atoms with van der Waals surface area (Å²) in [7, 11) is 6.09. The van der Waals surface area contributed by atoms with Gasteiger partial charge in [0.15, 0.2) is 0 Å². The second-order valence-electron chi connectivity index (χ2n) is 6.62. The first-order valence-electron chi connectivity index (χ1n) is 7.81. The van der Waals surface area contributed by atoms with Gasteiger partial charge in [-0.3, -0.25) is 4.79 Å². The summed E-state index contributed by atoms with van der Waals surface area (Å²) < 4.78 is 0. The van der Waals surface area contributed by atoms with Gasteiger partial charge < -0.3 is 20.2 Å². The van der Waals surface area contributed by atoms with Crippen molar-refractivity contribution in [3.8, 4) is 0 Å². The van der Waals surface area contributed by atoms with E-state index in [0.29, 0.717) is 12.1 Å². The van der Waals surface area contributed by atoms with E-state index >= 15 is 0 Å². The van der Waals surface area contributed by atoms with Crippen molar-refractivity contribution in [3.05, 3.63) is 0 Å². The van der Waals surface area contributed by atoms with Gasteiger partial charge >= 0.3 is 5.97 Å². The summed E-state index contributed by atoms with van der Waals surface area (Å²) in [6.45, 7) is 2.21. The number of carboxylic acid groups (broad SMARTS) is 1. The first-order valence-corrected chi connectivity index (χ1v) is 7.81. The molecule has 0 aromatic rings. The number of piperidine rings is 1. The van der Waals surface area contributed by atoms with Crippen molar-refractivity contribution in [2.75, 3.05) is 34.2 Å². The third-order valence-corrected chi connectivity index (χ3v) is 5.36. The second kappa shape index (κ2) is 6.41. The Morgan fingerprint density at radius 3 is 2.45 bits per heavy atom. The van der Waals surface area contributed by atoms with Crippen LogP contribution < -0.4 is 5.32 Å². The average molecular weight is 283 g/mol. The van der Waals surface area contributed by atoms with Gasteiger partial charge in [0.1, 0.15) is 5.54 Å². The predicted octanol–water partition coefficient (Wildman–Crippen LogP) is 0.998. The topological polar surface area (TPSA) is 55.8 Å². The Bertz CT molecular complexity index is 340. The molecular weight excluding hydrogens is 254 g/mol. The highest BCUT2D eigenvalue weighted by molar-refractivity contribution is 5.79. The van der Waals surface area contributed by atoms with Crippen LogP contribution in [0.15, 0.2) is 0 Å². The monoisotopic (exact) mass is 283 g/mol. The number of rotatable bonds is 4. The first kappa shape index (κ1) is 15.7. The number of nitrogens with zero attached hydrogens (tertiary/aromatic N) is 2. The second-order valence-corrected chi connectivity index (χ2v) is 6.62. The minimum absolute atomic E-state index is 0.426. The van der Waals surface area contributed by atoms with Crippen molar-refractivity contribution in [1.82, 2.24) is 15.1 Å². The lowest BCUT2D eigenvalue weighted by Crippen LogP contribution is -2.58. The van der Waals surface area contributed by atoms with Gasteiger partial charge in [0.25, 0.3) is 0 Å². The highest BCUT2D eigenvalue weighted by Crippen LogP contribution is 2.33. The van der Waals surface area contributed by atoms with E-state index in [1.807, 2.05) is 0 Å². The van der Waals surface area contributed by atoms with E-state index < -0.39 is 11.5 Å². The summed E-state index contributed by atoms with van der Waals surface area (Å²) in [6.07, 6.45) is 6.04. The zero-order chi connectivity index (χ0) is 14.8. The lowest BCUT2D eigenvalue weighted by molar-refractivity contribution is -0.147. The number of likely N-dealkylation sites (N-methyl/N-ethyl adjacent to an activating group) is 1. The normalized spacial score (nSPS) is 33.5. The Balaban J connectivity index is 1.95. The molecule has 1 aliphatic carbocycles. The summed E-state index contributed by atoms with van der Waals surface area (Å²) in [5.41, 5.74) is -0.707. The number of carbonyl (C=O) groups is 1. The van der Waals surface area contributed by atoms with Crippen molar-refractivity contribution < 1.29 is 9.90 Å². The van der Waals surface area contributed by atoms with Crippen molar-refractivity contribution in [2.45, 2.75) is 56.1 Å². The largest absolute Gasteiger partial charge is 0.480 e. The molecule has 2 rings (SSSR count). The number of aliphatic carboxylic acids is 1. The van der Waals surface area contributed by atoms with Crippen LogP contribution in [-0.2, 0) is 4.79 Å². The molecule has 0 radical (unpaired) electrons. The van der Waals surface area contributed by atoms with E-state index in [1.54, 1.807) is 7.05 Å². The summed E-state index contributed by atoms with van der Waals surface area (Å²) in [6, 6.07) is 1.11. The Hall–Kier alpha value is -0.650. The van der Waals surface area contributed by atoms with Crippen molar-refractivity contribution in [3.63, 3.8) is 0 Å². The van der Waals surface area contributed by atoms with Crippen molar-refractivity contribution in [2.24, 2.45) is 0 Å². The van der Waals surface area contributed by atoms with E-state index in [-0.39, 0.29) is 0 Å². The number of hydrogen-bond acceptors (Lipinski definition) is 4. The standard InChI is InChI=1S/C15H29N3O2/c1-16-15(14(19)20)8-4-5-13(11-15)18-9-6-12(7-10-18)17(2)3/h12-13,16H,4-11H2,1-3H3,(H,19,20). The summed E-state index contributed by atoms with van der Waals surface area (Å²) in [4.78, 5) is 16.4. The third-order valence-electron chi connectivity index (χ3n) is 5.36. The lowest BCUT2D eigenvalue weighted by Gasteiger charge is -2.45. The fourth-order valence-electron chi connectivity index (χ4n) is 3.85. The van der Waals surface area contributed by atoms with Gasteiger partial charge in [0.05, 0.1) is 0 Å². The van der Waals surface area contributed by atoms with Gasteiger partial charge in [-0.05, 0) is 72.8 Å². The van der Waals surface area contributed by atoms with E-state index in [0.717, 1.165) is 38.8 Å². The maximum atomic E-state index is 11.6. The Labute approximate surface area is 122 Å². The molecule has 116 valence electrons. The number of carboxylic acids is 1. The first-order chi connectivity index (χ1) is 9.48. The van der Waals surface area contributed by atoms with Crippen LogP contribution in [0.1, 0.15) is 38.5 Å². The molecule has 0 amide bonds. The minimum Gasteiger partial charge on any atom is -0.480 e. The summed E-state index contributed by atoms with van der Waals surface area (Å²) in [5, 5.41) is 12.6. The smallest absolute Gasteiger partial charge is 0.323 e. The number of likely N-dealkylation sites (tertiary alicyclic amines) is 1. The van der Waals surface area contributed by atoms with E-state index in [1.165, 1.54) is 12.8 Å². The minimum atomic E-state index is -0.707. The molecule has 20 heavy (non-hydrogen) atoms. The molecule has 0 spiro atoms. The van der Waals surface area contributed by atoms with E-state index in [2.05, 4.69) is 29.2 Å². The van der Waals surface area contributed by atoms with Gasteiger partial charge in [-0.1, -0.05) is 0 Å². The molecule has 1 saturated heterocycles. The summed E-state index contributed by atoms with van der Waals surface area (Å²) in [5.74, 6) is -0.687. The van der Waals surface area contributed by atoms with Gasteiger partial charge in [-0.15, -0.1) is 0 Å². The fourth-order valence-corrected chi connectivity index (χ4v) is 3.85. The molecule has 2 N–H and O–H groups in total. The van der Waals surface area contributed by atoms with Crippen LogP contribution in [0.2, 0.25) is 0 Å². The van der Waals surface area contributed by atoms with Crippen LogP contribution in [0.25, 0.3) is 0 Å². The molecule has 5 heteroatoms. The van der Waals surface area contributed by atoms with Gasteiger partial charge in [0, 0.05) is 12.1 Å². The quantitative estimate of drug-likeness (QED) is 0.806. The van der Waals surface area contributed by atoms with Crippen LogP contribution in [0.4, 0.5) is 0 Å².